The highest BCUT2D eigenvalue weighted by molar-refractivity contribution is 7.89. The molecular formula is C20H21NO2S. The summed E-state index contributed by atoms with van der Waals surface area (Å²) in [5.74, 6) is 0. The quantitative estimate of drug-likeness (QED) is 0.836. The lowest BCUT2D eigenvalue weighted by molar-refractivity contribution is 0.274. The monoisotopic (exact) mass is 339 g/mol. The van der Waals surface area contributed by atoms with Crippen molar-refractivity contribution in [3.05, 3.63) is 71.3 Å². The lowest BCUT2D eigenvalue weighted by Gasteiger charge is -2.38. The van der Waals surface area contributed by atoms with Crippen LogP contribution in [-0.2, 0) is 15.4 Å². The molecule has 0 atom stereocenters. The molecule has 1 spiro atoms. The molecule has 1 aliphatic heterocycles. The van der Waals surface area contributed by atoms with Gasteiger partial charge in [0.15, 0.2) is 0 Å². The summed E-state index contributed by atoms with van der Waals surface area (Å²) in [7, 11) is -3.41. The van der Waals surface area contributed by atoms with Crippen LogP contribution in [0, 0.1) is 6.92 Å². The van der Waals surface area contributed by atoms with Gasteiger partial charge in [0.25, 0.3) is 0 Å². The summed E-state index contributed by atoms with van der Waals surface area (Å²) in [6.07, 6.45) is 6.13. The fraction of sp³-hybridized carbons (Fsp3) is 0.300. The number of hydrogen-bond acceptors (Lipinski definition) is 2. The molecule has 0 saturated carbocycles. The second kappa shape index (κ2) is 5.57. The molecule has 1 aliphatic carbocycles. The van der Waals surface area contributed by atoms with Gasteiger partial charge in [0, 0.05) is 18.5 Å². The van der Waals surface area contributed by atoms with Gasteiger partial charge < -0.3 is 0 Å². The second-order valence-corrected chi connectivity index (χ2v) is 8.65. The zero-order valence-electron chi connectivity index (χ0n) is 13.8. The van der Waals surface area contributed by atoms with Gasteiger partial charge in [0.05, 0.1) is 4.90 Å². The van der Waals surface area contributed by atoms with E-state index in [1.165, 1.54) is 11.1 Å². The molecule has 1 saturated heterocycles. The third-order valence-corrected chi connectivity index (χ3v) is 7.46. The standard InChI is InChI=1S/C20H21NO2S/c1-16-6-2-5-9-19(16)24(22,23)21-14-12-20(13-15-21)11-10-17-7-3-4-8-18(17)20/h2-11H,12-15H2,1H3. The van der Waals surface area contributed by atoms with Crippen molar-refractivity contribution in [2.45, 2.75) is 30.1 Å². The highest BCUT2D eigenvalue weighted by atomic mass is 32.2. The van der Waals surface area contributed by atoms with Gasteiger partial charge in [-0.2, -0.15) is 4.31 Å². The number of hydrogen-bond donors (Lipinski definition) is 0. The van der Waals surface area contributed by atoms with Gasteiger partial charge in [0.2, 0.25) is 10.0 Å². The van der Waals surface area contributed by atoms with Crippen LogP contribution in [0.2, 0.25) is 0 Å². The van der Waals surface area contributed by atoms with E-state index < -0.39 is 10.0 Å². The molecule has 3 nitrogen and oxygen atoms in total. The van der Waals surface area contributed by atoms with Crippen molar-refractivity contribution < 1.29 is 8.42 Å². The van der Waals surface area contributed by atoms with E-state index in [4.69, 9.17) is 0 Å². The molecule has 0 unspecified atom stereocenters. The van der Waals surface area contributed by atoms with E-state index >= 15 is 0 Å². The molecule has 2 aromatic carbocycles. The van der Waals surface area contributed by atoms with Gasteiger partial charge in [-0.15, -0.1) is 0 Å². The summed E-state index contributed by atoms with van der Waals surface area (Å²) in [6.45, 7) is 2.99. The van der Waals surface area contributed by atoms with Gasteiger partial charge in [-0.25, -0.2) is 8.42 Å². The van der Waals surface area contributed by atoms with Crippen LogP contribution in [0.4, 0.5) is 0 Å². The number of piperidine rings is 1. The summed E-state index contributed by atoms with van der Waals surface area (Å²) in [5.41, 5.74) is 3.43. The lowest BCUT2D eigenvalue weighted by Crippen LogP contribution is -2.44. The molecular weight excluding hydrogens is 318 g/mol. The number of nitrogens with zero attached hydrogens (tertiary/aromatic N) is 1. The van der Waals surface area contributed by atoms with Gasteiger partial charge in [-0.05, 0) is 42.5 Å². The third-order valence-electron chi connectivity index (χ3n) is 5.41. The minimum Gasteiger partial charge on any atom is -0.207 e. The SMILES string of the molecule is Cc1ccccc1S(=O)(=O)N1CCC2(C=Cc3ccccc32)CC1. The number of fused-ring (bicyclic) bond motifs is 2. The van der Waals surface area contributed by atoms with E-state index in [-0.39, 0.29) is 5.41 Å². The van der Waals surface area contributed by atoms with E-state index in [1.54, 1.807) is 16.4 Å². The number of sulfonamides is 1. The first-order valence-corrected chi connectivity index (χ1v) is 9.82. The Morgan fingerprint density at radius 1 is 0.958 bits per heavy atom. The van der Waals surface area contributed by atoms with Crippen LogP contribution in [-0.4, -0.2) is 25.8 Å². The molecule has 0 radical (unpaired) electrons. The van der Waals surface area contributed by atoms with Crippen LogP contribution in [0.1, 0.15) is 29.5 Å². The smallest absolute Gasteiger partial charge is 0.207 e. The van der Waals surface area contributed by atoms with Crippen LogP contribution in [0.15, 0.2) is 59.5 Å². The minimum absolute atomic E-state index is 0.00828. The molecule has 0 amide bonds. The molecule has 4 rings (SSSR count). The highest BCUT2D eigenvalue weighted by Crippen LogP contribution is 2.44. The Morgan fingerprint density at radius 3 is 2.38 bits per heavy atom. The summed E-state index contributed by atoms with van der Waals surface area (Å²) < 4.78 is 27.6. The lowest BCUT2D eigenvalue weighted by atomic mass is 9.75. The predicted molar refractivity (Wildman–Crippen MR) is 96.3 cm³/mol. The molecule has 124 valence electrons. The molecule has 1 heterocycles. The Labute approximate surface area is 143 Å². The Kier molecular flexibility index (Phi) is 3.62. The number of benzene rings is 2. The molecule has 0 aromatic heterocycles. The van der Waals surface area contributed by atoms with E-state index in [1.807, 2.05) is 19.1 Å². The summed E-state index contributed by atoms with van der Waals surface area (Å²) in [6, 6.07) is 15.7. The Balaban J connectivity index is 1.60. The first kappa shape index (κ1) is 15.6. The maximum absolute atomic E-state index is 13.0. The number of allylic oxidation sites excluding steroid dienone is 1. The van der Waals surface area contributed by atoms with Crippen LogP contribution in [0.25, 0.3) is 6.08 Å². The molecule has 24 heavy (non-hydrogen) atoms. The number of rotatable bonds is 2. The molecule has 0 bridgehead atoms. The van der Waals surface area contributed by atoms with Crippen molar-refractivity contribution in [3.63, 3.8) is 0 Å². The summed E-state index contributed by atoms with van der Waals surface area (Å²) >= 11 is 0. The Hall–Kier alpha value is -1.91. The predicted octanol–water partition coefficient (Wildman–Crippen LogP) is 3.74. The molecule has 4 heteroatoms. The van der Waals surface area contributed by atoms with Gasteiger partial charge in [-0.3, -0.25) is 0 Å². The zero-order valence-corrected chi connectivity index (χ0v) is 14.6. The normalized spacial score (nSPS) is 19.5. The highest BCUT2D eigenvalue weighted by Gasteiger charge is 2.40. The fourth-order valence-electron chi connectivity index (χ4n) is 3.98. The largest absolute Gasteiger partial charge is 0.243 e. The van der Waals surface area contributed by atoms with Crippen molar-refractivity contribution in [2.24, 2.45) is 0 Å². The van der Waals surface area contributed by atoms with Gasteiger partial charge in [0.1, 0.15) is 0 Å². The molecule has 2 aliphatic rings. The molecule has 0 N–H and O–H groups in total. The molecule has 1 fully saturated rings. The van der Waals surface area contributed by atoms with Crippen molar-refractivity contribution in [3.8, 4) is 0 Å². The van der Waals surface area contributed by atoms with Gasteiger partial charge >= 0.3 is 0 Å². The minimum atomic E-state index is -3.41. The van der Waals surface area contributed by atoms with Crippen molar-refractivity contribution in [1.29, 1.82) is 0 Å². The Bertz CT molecular complexity index is 907. The van der Waals surface area contributed by atoms with E-state index in [9.17, 15) is 8.42 Å². The average molecular weight is 339 g/mol. The Morgan fingerprint density at radius 2 is 1.62 bits per heavy atom. The van der Waals surface area contributed by atoms with Crippen LogP contribution >= 0.6 is 0 Å². The van der Waals surface area contributed by atoms with Crippen molar-refractivity contribution >= 4 is 16.1 Å². The molecule has 2 aromatic rings. The zero-order chi connectivity index (χ0) is 16.8. The summed E-state index contributed by atoms with van der Waals surface area (Å²) in [4.78, 5) is 0.434. The topological polar surface area (TPSA) is 37.4 Å². The third kappa shape index (κ3) is 2.33. The van der Waals surface area contributed by atoms with Crippen LogP contribution < -0.4 is 0 Å². The average Bonchev–Trinajstić information content (AvgIpc) is 2.94. The maximum atomic E-state index is 13.0. The van der Waals surface area contributed by atoms with E-state index in [2.05, 4.69) is 36.4 Å². The van der Waals surface area contributed by atoms with Crippen molar-refractivity contribution in [1.82, 2.24) is 4.31 Å². The fourth-order valence-corrected chi connectivity index (χ4v) is 5.65. The van der Waals surface area contributed by atoms with Crippen LogP contribution in [0.5, 0.6) is 0 Å². The van der Waals surface area contributed by atoms with Crippen molar-refractivity contribution in [2.75, 3.05) is 13.1 Å². The van der Waals surface area contributed by atoms with Gasteiger partial charge in [-0.1, -0.05) is 54.6 Å². The van der Waals surface area contributed by atoms with Crippen LogP contribution in [0.3, 0.4) is 0 Å². The maximum Gasteiger partial charge on any atom is 0.243 e. The summed E-state index contributed by atoms with van der Waals surface area (Å²) in [5, 5.41) is 0. The first-order chi connectivity index (χ1) is 11.5. The van der Waals surface area contributed by atoms with E-state index in [0.29, 0.717) is 18.0 Å². The number of aryl methyl sites for hydroxylation is 1. The second-order valence-electron chi connectivity index (χ2n) is 6.75. The first-order valence-electron chi connectivity index (χ1n) is 8.37. The van der Waals surface area contributed by atoms with E-state index in [0.717, 1.165) is 18.4 Å².